The molecule has 0 spiro atoms. The van der Waals surface area contributed by atoms with Gasteiger partial charge in [-0.2, -0.15) is 5.06 Å². The summed E-state index contributed by atoms with van der Waals surface area (Å²) in [4.78, 5) is 25.9. The quantitative estimate of drug-likeness (QED) is 0.322. The highest BCUT2D eigenvalue weighted by atomic mass is 16.6. The Kier molecular flexibility index (Phi) is 5.95. The van der Waals surface area contributed by atoms with Crippen LogP contribution in [-0.2, 0) is 19.1 Å². The SMILES string of the molecule is C=C1CCC[C@@]2(C)CC3OC(=O)C(CN(O)CC4C(=O)OC5C[C@@]6(C)CCCC(=C)[C@@H]6CC54)C3C[C@H]12. The van der Waals surface area contributed by atoms with Crippen molar-refractivity contribution in [3.63, 3.8) is 0 Å². The molecule has 2 heterocycles. The monoisotopic (exact) mass is 497 g/mol. The van der Waals surface area contributed by atoms with Crippen LogP contribution < -0.4 is 0 Å². The second kappa shape index (κ2) is 8.69. The van der Waals surface area contributed by atoms with E-state index in [2.05, 4.69) is 27.0 Å². The van der Waals surface area contributed by atoms with E-state index in [1.165, 1.54) is 16.2 Å². The Morgan fingerprint density at radius 1 is 0.833 bits per heavy atom. The van der Waals surface area contributed by atoms with Crippen LogP contribution in [0.15, 0.2) is 24.3 Å². The molecule has 2 saturated heterocycles. The number of rotatable bonds is 4. The summed E-state index contributed by atoms with van der Waals surface area (Å²) in [5.74, 6) is -0.0784. The number of ether oxygens (including phenoxy) is 2. The Balaban J connectivity index is 1.13. The van der Waals surface area contributed by atoms with Crippen molar-refractivity contribution in [3.05, 3.63) is 24.3 Å². The Morgan fingerprint density at radius 3 is 1.67 bits per heavy atom. The van der Waals surface area contributed by atoms with Crippen molar-refractivity contribution in [1.82, 2.24) is 5.06 Å². The molecule has 36 heavy (non-hydrogen) atoms. The highest BCUT2D eigenvalue weighted by molar-refractivity contribution is 5.76. The molecule has 10 atom stereocenters. The van der Waals surface area contributed by atoms with Crippen LogP contribution in [-0.4, -0.2) is 47.5 Å². The molecule has 6 aliphatic rings. The van der Waals surface area contributed by atoms with E-state index in [9.17, 15) is 14.8 Å². The van der Waals surface area contributed by atoms with Crippen LogP contribution in [0.2, 0.25) is 0 Å². The summed E-state index contributed by atoms with van der Waals surface area (Å²) in [5.41, 5.74) is 2.95. The van der Waals surface area contributed by atoms with Gasteiger partial charge in [-0.1, -0.05) is 38.2 Å². The molecular formula is C30H43NO5. The molecule has 1 N–H and O–H groups in total. The number of allylic oxidation sites excluding steroid dienone is 2. The summed E-state index contributed by atoms with van der Waals surface area (Å²) >= 11 is 0. The van der Waals surface area contributed by atoms with E-state index in [4.69, 9.17) is 9.47 Å². The van der Waals surface area contributed by atoms with Crippen molar-refractivity contribution < 1.29 is 24.3 Å². The Morgan fingerprint density at radius 2 is 1.25 bits per heavy atom. The molecule has 0 bridgehead atoms. The third-order valence-corrected chi connectivity index (χ3v) is 11.5. The van der Waals surface area contributed by atoms with Gasteiger partial charge in [-0.3, -0.25) is 9.59 Å². The normalized spacial score (nSPS) is 48.1. The van der Waals surface area contributed by atoms with Gasteiger partial charge in [-0.05, 0) is 86.9 Å². The molecule has 4 aliphatic carbocycles. The number of hydroxylamine groups is 2. The van der Waals surface area contributed by atoms with Crippen LogP contribution >= 0.6 is 0 Å². The first kappa shape index (κ1) is 24.7. The second-order valence-corrected chi connectivity index (χ2v) is 13.7. The zero-order valence-corrected chi connectivity index (χ0v) is 22.0. The Labute approximate surface area is 215 Å². The first-order valence-corrected chi connectivity index (χ1v) is 14.3. The van der Waals surface area contributed by atoms with Gasteiger partial charge in [0.1, 0.15) is 12.2 Å². The lowest BCUT2D eigenvalue weighted by molar-refractivity contribution is -0.155. The predicted molar refractivity (Wildman–Crippen MR) is 135 cm³/mol. The van der Waals surface area contributed by atoms with Gasteiger partial charge in [0.05, 0.1) is 11.8 Å². The van der Waals surface area contributed by atoms with Crippen LogP contribution in [0.4, 0.5) is 0 Å². The lowest BCUT2D eigenvalue weighted by Gasteiger charge is -2.50. The lowest BCUT2D eigenvalue weighted by atomic mass is 9.55. The van der Waals surface area contributed by atoms with E-state index >= 15 is 0 Å². The average Bonchev–Trinajstić information content (AvgIpc) is 3.25. The molecule has 6 fully saturated rings. The maximum Gasteiger partial charge on any atom is 0.311 e. The fourth-order valence-corrected chi connectivity index (χ4v) is 9.46. The van der Waals surface area contributed by atoms with Gasteiger partial charge in [0.25, 0.3) is 0 Å². The zero-order chi connectivity index (χ0) is 25.4. The standard InChI is InChI=1S/C30H43NO5/c1-17-7-5-9-29(3)13-25-19(11-23(17)29)21(27(32)35-25)15-31(34)16-22-20-12-24-18(2)8-6-10-30(24,4)14-26(20)36-28(22)33/h19-26,34H,1-2,5-16H2,3-4H3/t19?,20?,21?,22?,23-,24+,25?,26?,29+,30-. The summed E-state index contributed by atoms with van der Waals surface area (Å²) in [6, 6.07) is 0. The van der Waals surface area contributed by atoms with Crippen molar-refractivity contribution in [3.8, 4) is 0 Å². The summed E-state index contributed by atoms with van der Waals surface area (Å²) in [7, 11) is 0. The minimum atomic E-state index is -0.361. The molecule has 0 aromatic rings. The molecule has 6 nitrogen and oxygen atoms in total. The Hall–Kier alpha value is -1.66. The molecule has 0 aromatic carbocycles. The van der Waals surface area contributed by atoms with Crippen molar-refractivity contribution in [2.24, 2.45) is 46.3 Å². The van der Waals surface area contributed by atoms with E-state index in [0.29, 0.717) is 11.8 Å². The molecule has 6 heteroatoms. The maximum absolute atomic E-state index is 12.9. The van der Waals surface area contributed by atoms with Gasteiger partial charge in [0, 0.05) is 24.9 Å². The molecule has 0 amide bonds. The summed E-state index contributed by atoms with van der Waals surface area (Å²) in [6.45, 7) is 13.8. The van der Waals surface area contributed by atoms with E-state index in [0.717, 1.165) is 64.2 Å². The average molecular weight is 498 g/mol. The van der Waals surface area contributed by atoms with Crippen molar-refractivity contribution in [2.45, 2.75) is 90.3 Å². The van der Waals surface area contributed by atoms with Gasteiger partial charge >= 0.3 is 11.9 Å². The molecule has 0 radical (unpaired) electrons. The second-order valence-electron chi connectivity index (χ2n) is 13.7. The third-order valence-electron chi connectivity index (χ3n) is 11.5. The van der Waals surface area contributed by atoms with Gasteiger partial charge in [0.2, 0.25) is 0 Å². The van der Waals surface area contributed by atoms with Gasteiger partial charge < -0.3 is 14.7 Å². The van der Waals surface area contributed by atoms with Crippen LogP contribution in [0.25, 0.3) is 0 Å². The number of carbonyl (C=O) groups is 2. The number of fused-ring (bicyclic) bond motifs is 4. The summed E-state index contributed by atoms with van der Waals surface area (Å²) < 4.78 is 11.8. The molecule has 0 aromatic heterocycles. The number of hydrogen-bond donors (Lipinski definition) is 1. The number of carbonyl (C=O) groups excluding carboxylic acids is 2. The maximum atomic E-state index is 12.9. The highest BCUT2D eigenvalue weighted by Crippen LogP contribution is 2.58. The van der Waals surface area contributed by atoms with E-state index < -0.39 is 0 Å². The lowest BCUT2D eigenvalue weighted by Crippen LogP contribution is -2.47. The molecule has 6 unspecified atom stereocenters. The van der Waals surface area contributed by atoms with E-state index in [1.807, 2.05) is 0 Å². The molecule has 2 aliphatic heterocycles. The largest absolute Gasteiger partial charge is 0.462 e. The molecular weight excluding hydrogens is 454 g/mol. The smallest absolute Gasteiger partial charge is 0.311 e. The zero-order valence-electron chi connectivity index (χ0n) is 22.0. The van der Waals surface area contributed by atoms with Gasteiger partial charge in [-0.15, -0.1) is 0 Å². The van der Waals surface area contributed by atoms with Gasteiger partial charge in [-0.25, -0.2) is 0 Å². The minimum absolute atomic E-state index is 0.0720. The van der Waals surface area contributed by atoms with Crippen LogP contribution in [0.5, 0.6) is 0 Å². The predicted octanol–water partition coefficient (Wildman–Crippen LogP) is 5.31. The number of hydrogen-bond acceptors (Lipinski definition) is 6. The first-order chi connectivity index (χ1) is 17.1. The van der Waals surface area contributed by atoms with E-state index in [-0.39, 0.29) is 71.7 Å². The summed E-state index contributed by atoms with van der Waals surface area (Å²) in [6.07, 6.45) is 10.2. The van der Waals surface area contributed by atoms with Crippen molar-refractivity contribution >= 4 is 11.9 Å². The van der Waals surface area contributed by atoms with Crippen molar-refractivity contribution in [2.75, 3.05) is 13.1 Å². The van der Waals surface area contributed by atoms with Crippen LogP contribution in [0, 0.1) is 46.3 Å². The molecule has 198 valence electrons. The number of esters is 2. The summed E-state index contributed by atoms with van der Waals surface area (Å²) in [5, 5.41) is 12.3. The van der Waals surface area contributed by atoms with Gasteiger partial charge in [0.15, 0.2) is 0 Å². The third kappa shape index (κ3) is 3.89. The van der Waals surface area contributed by atoms with E-state index in [1.54, 1.807) is 0 Å². The Bertz CT molecular complexity index is 900. The topological polar surface area (TPSA) is 76.1 Å². The van der Waals surface area contributed by atoms with Crippen LogP contribution in [0.3, 0.4) is 0 Å². The van der Waals surface area contributed by atoms with Crippen LogP contribution in [0.1, 0.15) is 78.1 Å². The minimum Gasteiger partial charge on any atom is -0.462 e. The fourth-order valence-electron chi connectivity index (χ4n) is 9.46. The first-order valence-electron chi connectivity index (χ1n) is 14.3. The molecule has 4 saturated carbocycles. The fraction of sp³-hybridized carbons (Fsp3) is 0.800. The number of nitrogens with zero attached hydrogens (tertiary/aromatic N) is 1. The highest BCUT2D eigenvalue weighted by Gasteiger charge is 2.57. The van der Waals surface area contributed by atoms with Crippen molar-refractivity contribution in [1.29, 1.82) is 0 Å². The molecule has 6 rings (SSSR count).